The van der Waals surface area contributed by atoms with Gasteiger partial charge in [0.25, 0.3) is 0 Å². The third kappa shape index (κ3) is 6.23. The van der Waals surface area contributed by atoms with Crippen LogP contribution in [0, 0.1) is 5.41 Å². The van der Waals surface area contributed by atoms with Crippen LogP contribution < -0.4 is 10.6 Å². The molecule has 0 heterocycles. The number of carboxylic acids is 1. The summed E-state index contributed by atoms with van der Waals surface area (Å²) >= 11 is 0. The van der Waals surface area contributed by atoms with E-state index in [2.05, 4.69) is 10.6 Å². The molecule has 0 spiro atoms. The zero-order valence-electron chi connectivity index (χ0n) is 9.91. The first-order valence-corrected chi connectivity index (χ1v) is 5.21. The van der Waals surface area contributed by atoms with E-state index in [9.17, 15) is 9.59 Å². The lowest BCUT2D eigenvalue weighted by Crippen LogP contribution is -2.44. The highest BCUT2D eigenvalue weighted by Crippen LogP contribution is 2.17. The Bertz CT molecular complexity index is 253. The molecule has 2 amide bonds. The smallest absolute Gasteiger partial charge is 0.334 e. The molecule has 0 aliphatic heterocycles. The second-order valence-corrected chi connectivity index (χ2v) is 4.44. The molecule has 0 radical (unpaired) electrons. The van der Waals surface area contributed by atoms with Crippen LogP contribution in [0.5, 0.6) is 0 Å². The number of aliphatic carboxylic acids is 1. The van der Waals surface area contributed by atoms with E-state index in [4.69, 9.17) is 10.2 Å². The number of hydrogen-bond acceptors (Lipinski definition) is 3. The molecule has 0 rings (SSSR count). The Kier molecular flexibility index (Phi) is 5.81. The highest BCUT2D eigenvalue weighted by molar-refractivity contribution is 5.76. The van der Waals surface area contributed by atoms with Gasteiger partial charge in [-0.1, -0.05) is 20.8 Å². The van der Waals surface area contributed by atoms with Gasteiger partial charge in [-0.05, 0) is 11.8 Å². The predicted octanol–water partition coefficient (Wildman–Crippen LogP) is 0.167. The third-order valence-corrected chi connectivity index (χ3v) is 2.43. The van der Waals surface area contributed by atoms with Crippen LogP contribution in [-0.2, 0) is 4.79 Å². The van der Waals surface area contributed by atoms with Crippen LogP contribution in [-0.4, -0.2) is 41.4 Å². The topological polar surface area (TPSA) is 98.7 Å². The molecule has 0 unspecified atom stereocenters. The Labute approximate surface area is 95.0 Å². The van der Waals surface area contributed by atoms with Gasteiger partial charge in [-0.25, -0.2) is 9.59 Å². The molecule has 0 fully saturated rings. The summed E-state index contributed by atoms with van der Waals surface area (Å²) in [6.07, 6.45) is -0.643. The molecular weight excluding hydrogens is 212 g/mol. The number of hydrogen-bond donors (Lipinski definition) is 4. The second kappa shape index (κ2) is 6.32. The fourth-order valence-corrected chi connectivity index (χ4v) is 0.784. The standard InChI is InChI=1S/C10H20N2O4/c1-4-10(2,3)6-12-9(16)11-5-7(13)8(14)15/h7,13H,4-6H2,1-3H3,(H,14,15)(H2,11,12,16)/t7-/m0/s1. The lowest BCUT2D eigenvalue weighted by atomic mass is 9.90. The van der Waals surface area contributed by atoms with Gasteiger partial charge in [0, 0.05) is 6.54 Å². The molecule has 0 aliphatic carbocycles. The van der Waals surface area contributed by atoms with Gasteiger partial charge in [0.15, 0.2) is 6.10 Å². The molecule has 4 N–H and O–H groups in total. The Hall–Kier alpha value is -1.30. The Morgan fingerprint density at radius 1 is 1.31 bits per heavy atom. The molecule has 0 saturated carbocycles. The molecule has 0 saturated heterocycles. The van der Waals surface area contributed by atoms with Gasteiger partial charge < -0.3 is 20.8 Å². The van der Waals surface area contributed by atoms with Crippen LogP contribution in [0.2, 0.25) is 0 Å². The van der Waals surface area contributed by atoms with E-state index in [1.807, 2.05) is 20.8 Å². The van der Waals surface area contributed by atoms with E-state index in [-0.39, 0.29) is 12.0 Å². The quantitative estimate of drug-likeness (QED) is 0.524. The Balaban J connectivity index is 3.80. The molecule has 6 heteroatoms. The van der Waals surface area contributed by atoms with Gasteiger partial charge in [-0.3, -0.25) is 0 Å². The summed E-state index contributed by atoms with van der Waals surface area (Å²) < 4.78 is 0. The first kappa shape index (κ1) is 14.7. The van der Waals surface area contributed by atoms with Crippen molar-refractivity contribution in [3.8, 4) is 0 Å². The van der Waals surface area contributed by atoms with E-state index in [1.165, 1.54) is 0 Å². The highest BCUT2D eigenvalue weighted by Gasteiger charge is 2.17. The monoisotopic (exact) mass is 232 g/mol. The van der Waals surface area contributed by atoms with Crippen LogP contribution in [0.1, 0.15) is 27.2 Å². The van der Waals surface area contributed by atoms with Gasteiger partial charge in [-0.2, -0.15) is 0 Å². The summed E-state index contributed by atoms with van der Waals surface area (Å²) in [6.45, 7) is 6.25. The molecular formula is C10H20N2O4. The number of aliphatic hydroxyl groups is 1. The summed E-state index contributed by atoms with van der Waals surface area (Å²) in [5.41, 5.74) is 0.00273. The van der Waals surface area contributed by atoms with Crippen LogP contribution in [0.4, 0.5) is 4.79 Å². The van der Waals surface area contributed by atoms with Gasteiger partial charge in [-0.15, -0.1) is 0 Å². The number of carboxylic acid groups (broad SMARTS) is 1. The first-order valence-electron chi connectivity index (χ1n) is 5.21. The number of aliphatic hydroxyl groups excluding tert-OH is 1. The van der Waals surface area contributed by atoms with Crippen LogP contribution in [0.15, 0.2) is 0 Å². The van der Waals surface area contributed by atoms with Gasteiger partial charge in [0.1, 0.15) is 0 Å². The molecule has 94 valence electrons. The fraction of sp³-hybridized carbons (Fsp3) is 0.800. The van der Waals surface area contributed by atoms with E-state index in [0.29, 0.717) is 6.54 Å². The van der Waals surface area contributed by atoms with Crippen molar-refractivity contribution in [1.29, 1.82) is 0 Å². The van der Waals surface area contributed by atoms with Crippen molar-refractivity contribution in [3.05, 3.63) is 0 Å². The molecule has 1 atom stereocenters. The minimum absolute atomic E-state index is 0.00273. The number of carbonyl (C=O) groups excluding carboxylic acids is 1. The van der Waals surface area contributed by atoms with Gasteiger partial charge >= 0.3 is 12.0 Å². The Morgan fingerprint density at radius 3 is 2.31 bits per heavy atom. The predicted molar refractivity (Wildman–Crippen MR) is 59.1 cm³/mol. The van der Waals surface area contributed by atoms with Crippen molar-refractivity contribution >= 4 is 12.0 Å². The largest absolute Gasteiger partial charge is 0.479 e. The van der Waals surface area contributed by atoms with Crippen molar-refractivity contribution in [2.75, 3.05) is 13.1 Å². The van der Waals surface area contributed by atoms with Crippen LogP contribution >= 0.6 is 0 Å². The van der Waals surface area contributed by atoms with Crippen molar-refractivity contribution in [2.45, 2.75) is 33.3 Å². The molecule has 0 aromatic heterocycles. The normalized spacial score (nSPS) is 13.0. The maximum atomic E-state index is 11.2. The summed E-state index contributed by atoms with van der Waals surface area (Å²) in [4.78, 5) is 21.5. The molecule has 0 aliphatic rings. The summed E-state index contributed by atoms with van der Waals surface area (Å²) in [5.74, 6) is -1.35. The fourth-order valence-electron chi connectivity index (χ4n) is 0.784. The van der Waals surface area contributed by atoms with E-state index in [1.54, 1.807) is 0 Å². The summed E-state index contributed by atoms with van der Waals surface area (Å²) in [5, 5.41) is 22.2. The number of urea groups is 1. The molecule has 6 nitrogen and oxygen atoms in total. The number of amides is 2. The lowest BCUT2D eigenvalue weighted by molar-refractivity contribution is -0.146. The van der Waals surface area contributed by atoms with E-state index >= 15 is 0 Å². The molecule has 0 aromatic rings. The zero-order valence-corrected chi connectivity index (χ0v) is 9.91. The third-order valence-electron chi connectivity index (χ3n) is 2.43. The van der Waals surface area contributed by atoms with Crippen molar-refractivity contribution in [3.63, 3.8) is 0 Å². The second-order valence-electron chi connectivity index (χ2n) is 4.44. The highest BCUT2D eigenvalue weighted by atomic mass is 16.4. The average molecular weight is 232 g/mol. The molecule has 0 bridgehead atoms. The minimum Gasteiger partial charge on any atom is -0.479 e. The zero-order chi connectivity index (χ0) is 12.8. The van der Waals surface area contributed by atoms with Crippen LogP contribution in [0.25, 0.3) is 0 Å². The van der Waals surface area contributed by atoms with Crippen molar-refractivity contribution in [1.82, 2.24) is 10.6 Å². The summed E-state index contributed by atoms with van der Waals surface area (Å²) in [7, 11) is 0. The molecule has 16 heavy (non-hydrogen) atoms. The first-order chi connectivity index (χ1) is 7.28. The van der Waals surface area contributed by atoms with Crippen LogP contribution in [0.3, 0.4) is 0 Å². The van der Waals surface area contributed by atoms with E-state index < -0.39 is 18.1 Å². The van der Waals surface area contributed by atoms with Crippen molar-refractivity contribution < 1.29 is 19.8 Å². The number of carbonyl (C=O) groups is 2. The Morgan fingerprint density at radius 2 is 1.88 bits per heavy atom. The summed E-state index contributed by atoms with van der Waals surface area (Å²) in [6, 6.07) is -0.471. The maximum absolute atomic E-state index is 11.2. The molecule has 0 aromatic carbocycles. The van der Waals surface area contributed by atoms with Crippen molar-refractivity contribution in [2.24, 2.45) is 5.41 Å². The van der Waals surface area contributed by atoms with Gasteiger partial charge in [0.05, 0.1) is 6.54 Å². The maximum Gasteiger partial charge on any atom is 0.334 e. The van der Waals surface area contributed by atoms with E-state index in [0.717, 1.165) is 6.42 Å². The average Bonchev–Trinajstić information content (AvgIpc) is 2.23. The minimum atomic E-state index is -1.56. The number of rotatable bonds is 6. The number of nitrogens with one attached hydrogen (secondary N) is 2. The SMILES string of the molecule is CCC(C)(C)CNC(=O)NC[C@H](O)C(=O)O. The lowest BCUT2D eigenvalue weighted by Gasteiger charge is -2.23. The van der Waals surface area contributed by atoms with Gasteiger partial charge in [0.2, 0.25) is 0 Å².